The lowest BCUT2D eigenvalue weighted by Gasteiger charge is -2.39. The van der Waals surface area contributed by atoms with E-state index in [2.05, 4.69) is 27.3 Å². The molecule has 1 N–H and O–H groups in total. The Kier molecular flexibility index (Phi) is 12.8. The minimum absolute atomic E-state index is 0.0960. The molecular weight excluding hydrogens is 643 g/mol. The van der Waals surface area contributed by atoms with Crippen molar-refractivity contribution in [3.63, 3.8) is 0 Å². The summed E-state index contributed by atoms with van der Waals surface area (Å²) < 4.78 is 44.5. The Balaban J connectivity index is 1.40. The summed E-state index contributed by atoms with van der Waals surface area (Å²) in [5.41, 5.74) is 2.48. The van der Waals surface area contributed by atoms with E-state index in [0.29, 0.717) is 50.7 Å². The van der Waals surface area contributed by atoms with Crippen molar-refractivity contribution in [1.29, 1.82) is 0 Å². The van der Waals surface area contributed by atoms with E-state index in [-0.39, 0.29) is 18.9 Å². The third-order valence-electron chi connectivity index (χ3n) is 8.60. The number of pyridine rings is 1. The van der Waals surface area contributed by atoms with E-state index in [4.69, 9.17) is 4.74 Å². The van der Waals surface area contributed by atoms with Crippen LogP contribution in [0.1, 0.15) is 27.8 Å². The molecule has 8 nitrogen and oxygen atoms in total. The number of carbonyl (C=O) groups excluding carboxylic acids is 2. The number of anilines is 1. The summed E-state index contributed by atoms with van der Waals surface area (Å²) in [4.78, 5) is 38.7. The number of hydrogen-bond acceptors (Lipinski definition) is 6. The molecule has 1 fully saturated rings. The van der Waals surface area contributed by atoms with Crippen molar-refractivity contribution in [2.75, 3.05) is 51.8 Å². The predicted octanol–water partition coefficient (Wildman–Crippen LogP) is 6.16. The molecule has 5 rings (SSSR count). The van der Waals surface area contributed by atoms with Gasteiger partial charge in [0.15, 0.2) is 0 Å². The molecule has 262 valence electrons. The number of rotatable bonds is 14. The van der Waals surface area contributed by atoms with Gasteiger partial charge < -0.3 is 19.9 Å². The number of carbonyl (C=O) groups is 2. The topological polar surface area (TPSA) is 78.0 Å². The van der Waals surface area contributed by atoms with E-state index in [1.54, 1.807) is 18.2 Å². The molecule has 0 spiro atoms. The second kappa shape index (κ2) is 17.6. The van der Waals surface area contributed by atoms with Crippen molar-refractivity contribution in [1.82, 2.24) is 19.7 Å². The maximum absolute atomic E-state index is 14.5. The highest BCUT2D eigenvalue weighted by Gasteiger charge is 2.34. The number of aromatic nitrogens is 1. The van der Waals surface area contributed by atoms with Crippen LogP contribution in [-0.2, 0) is 40.0 Å². The summed E-state index contributed by atoms with van der Waals surface area (Å²) in [5.74, 6) is 0.0515. The van der Waals surface area contributed by atoms with Crippen molar-refractivity contribution in [3.8, 4) is 0 Å². The Hall–Kier alpha value is -5.00. The Bertz CT molecular complexity index is 1680. The lowest BCUT2D eigenvalue weighted by atomic mass is 10.0. The number of alkyl halides is 3. The molecule has 3 aromatic carbocycles. The van der Waals surface area contributed by atoms with E-state index in [9.17, 15) is 22.8 Å². The van der Waals surface area contributed by atoms with Gasteiger partial charge in [-0.2, -0.15) is 13.2 Å². The number of amides is 2. The summed E-state index contributed by atoms with van der Waals surface area (Å²) in [7, 11) is 1.62. The fourth-order valence-electron chi connectivity index (χ4n) is 5.84. The quantitative estimate of drug-likeness (QED) is 0.127. The van der Waals surface area contributed by atoms with Gasteiger partial charge in [0.1, 0.15) is 11.9 Å². The van der Waals surface area contributed by atoms with Gasteiger partial charge in [-0.15, -0.1) is 0 Å². The van der Waals surface area contributed by atoms with E-state index in [0.717, 1.165) is 29.8 Å². The minimum atomic E-state index is -4.46. The van der Waals surface area contributed by atoms with Crippen LogP contribution in [0.5, 0.6) is 0 Å². The first-order valence-electron chi connectivity index (χ1n) is 16.6. The standard InChI is InChI=1S/C39H42F3N5O3/c1-50-25-20-43-36-18-14-33(27-44-36)29-47(37(48)19-15-30-12-16-34(17-13-30)39(40,41)42)35(26-31-8-4-2-5-9-31)38(49)46-23-21-45(22-24-46)28-32-10-6-3-7-11-32/h2-19,27,35H,20-26,28-29H2,1H3,(H,43,44)/b19-15+/t35-/m0/s1. The van der Waals surface area contributed by atoms with Gasteiger partial charge in [-0.1, -0.05) is 78.9 Å². The van der Waals surface area contributed by atoms with Gasteiger partial charge >= 0.3 is 6.18 Å². The molecule has 1 aliphatic rings. The minimum Gasteiger partial charge on any atom is -0.383 e. The van der Waals surface area contributed by atoms with Crippen LogP contribution >= 0.6 is 0 Å². The number of nitrogens with zero attached hydrogens (tertiary/aromatic N) is 4. The third kappa shape index (κ3) is 10.5. The molecule has 1 atom stereocenters. The maximum atomic E-state index is 14.5. The Morgan fingerprint density at radius 3 is 2.14 bits per heavy atom. The zero-order valence-corrected chi connectivity index (χ0v) is 28.1. The van der Waals surface area contributed by atoms with Crippen molar-refractivity contribution in [2.45, 2.75) is 31.7 Å². The summed E-state index contributed by atoms with van der Waals surface area (Å²) in [5, 5.41) is 3.17. The summed E-state index contributed by atoms with van der Waals surface area (Å²) in [6.07, 6.45) is 0.285. The monoisotopic (exact) mass is 685 g/mol. The van der Waals surface area contributed by atoms with Crippen LogP contribution in [-0.4, -0.2) is 84.0 Å². The molecule has 4 aromatic rings. The average Bonchev–Trinajstić information content (AvgIpc) is 3.13. The number of methoxy groups -OCH3 is 1. The molecule has 0 aliphatic carbocycles. The van der Waals surface area contributed by atoms with Crippen LogP contribution < -0.4 is 5.32 Å². The lowest BCUT2D eigenvalue weighted by molar-refractivity contribution is -0.145. The second-order valence-corrected chi connectivity index (χ2v) is 12.2. The highest BCUT2D eigenvalue weighted by Crippen LogP contribution is 2.29. The Morgan fingerprint density at radius 1 is 0.880 bits per heavy atom. The zero-order valence-electron chi connectivity index (χ0n) is 28.1. The van der Waals surface area contributed by atoms with Gasteiger partial charge in [0.2, 0.25) is 11.8 Å². The van der Waals surface area contributed by atoms with Gasteiger partial charge in [0, 0.05) is 71.6 Å². The molecule has 0 radical (unpaired) electrons. The van der Waals surface area contributed by atoms with Crippen LogP contribution in [0.3, 0.4) is 0 Å². The predicted molar refractivity (Wildman–Crippen MR) is 188 cm³/mol. The van der Waals surface area contributed by atoms with E-state index < -0.39 is 23.7 Å². The Labute approximate surface area is 291 Å². The SMILES string of the molecule is COCCNc1ccc(CN(C(=O)/C=C/c2ccc(C(F)(F)F)cc2)[C@@H](Cc2ccccc2)C(=O)N2CCN(Cc3ccccc3)CC2)cn1. The fraction of sp³-hybridized carbons (Fsp3) is 0.308. The molecule has 0 unspecified atom stereocenters. The fourth-order valence-corrected chi connectivity index (χ4v) is 5.84. The molecule has 0 saturated carbocycles. The molecule has 2 heterocycles. The molecule has 0 bridgehead atoms. The smallest absolute Gasteiger partial charge is 0.383 e. The number of piperazine rings is 1. The van der Waals surface area contributed by atoms with Crippen molar-refractivity contribution < 1.29 is 27.5 Å². The first kappa shape index (κ1) is 36.3. The number of halogens is 3. The number of benzene rings is 3. The van der Waals surface area contributed by atoms with Gasteiger partial charge in [0.05, 0.1) is 12.2 Å². The zero-order chi connectivity index (χ0) is 35.3. The number of hydrogen-bond donors (Lipinski definition) is 1. The molecule has 1 aliphatic heterocycles. The van der Waals surface area contributed by atoms with E-state index in [1.165, 1.54) is 29.8 Å². The van der Waals surface area contributed by atoms with Crippen molar-refractivity contribution in [2.24, 2.45) is 0 Å². The maximum Gasteiger partial charge on any atom is 0.416 e. The summed E-state index contributed by atoms with van der Waals surface area (Å²) >= 11 is 0. The van der Waals surface area contributed by atoms with Crippen LogP contribution in [0.25, 0.3) is 6.08 Å². The molecule has 11 heteroatoms. The highest BCUT2D eigenvalue weighted by atomic mass is 19.4. The lowest BCUT2D eigenvalue weighted by Crippen LogP contribution is -2.56. The van der Waals surface area contributed by atoms with Gasteiger partial charge in [0.25, 0.3) is 0 Å². The summed E-state index contributed by atoms with van der Waals surface area (Å²) in [6, 6.07) is 27.2. The van der Waals surface area contributed by atoms with Gasteiger partial charge in [-0.3, -0.25) is 14.5 Å². The first-order chi connectivity index (χ1) is 24.2. The van der Waals surface area contributed by atoms with Crippen molar-refractivity contribution >= 4 is 23.7 Å². The van der Waals surface area contributed by atoms with E-state index in [1.807, 2.05) is 65.6 Å². The molecule has 2 amide bonds. The number of ether oxygens (including phenoxy) is 1. The molecule has 1 saturated heterocycles. The molecule has 1 aromatic heterocycles. The van der Waals surface area contributed by atoms with E-state index >= 15 is 0 Å². The molecule has 50 heavy (non-hydrogen) atoms. The first-order valence-corrected chi connectivity index (χ1v) is 16.6. The third-order valence-corrected chi connectivity index (χ3v) is 8.60. The molecular formula is C39H42F3N5O3. The van der Waals surface area contributed by atoms with Gasteiger partial charge in [-0.05, 0) is 46.5 Å². The average molecular weight is 686 g/mol. The highest BCUT2D eigenvalue weighted by molar-refractivity contribution is 5.95. The van der Waals surface area contributed by atoms with Crippen molar-refractivity contribution in [3.05, 3.63) is 137 Å². The largest absolute Gasteiger partial charge is 0.416 e. The Morgan fingerprint density at radius 2 is 1.54 bits per heavy atom. The van der Waals surface area contributed by atoms with Crippen LogP contribution in [0, 0.1) is 0 Å². The van der Waals surface area contributed by atoms with Crippen LogP contribution in [0.15, 0.2) is 109 Å². The van der Waals surface area contributed by atoms with Gasteiger partial charge in [-0.25, -0.2) is 4.98 Å². The summed E-state index contributed by atoms with van der Waals surface area (Å²) in [6.45, 7) is 4.41. The number of nitrogens with one attached hydrogen (secondary N) is 1. The normalized spacial score (nSPS) is 14.4. The second-order valence-electron chi connectivity index (χ2n) is 12.2. The van der Waals surface area contributed by atoms with Crippen LogP contribution in [0.2, 0.25) is 0 Å². The van der Waals surface area contributed by atoms with Crippen LogP contribution in [0.4, 0.5) is 19.0 Å².